The lowest BCUT2D eigenvalue weighted by atomic mass is 10.2. The van der Waals surface area contributed by atoms with Crippen LogP contribution >= 0.6 is 0 Å². The summed E-state index contributed by atoms with van der Waals surface area (Å²) in [5.74, 6) is 0.427. The average Bonchev–Trinajstić information content (AvgIpc) is 3.03. The fourth-order valence-electron chi connectivity index (χ4n) is 2.10. The van der Waals surface area contributed by atoms with E-state index in [-0.39, 0.29) is 18.0 Å². The van der Waals surface area contributed by atoms with Crippen molar-refractivity contribution in [1.29, 1.82) is 0 Å². The van der Waals surface area contributed by atoms with Gasteiger partial charge in [0.05, 0.1) is 18.2 Å². The molecular weight excluding hydrogens is 284 g/mol. The molecule has 22 heavy (non-hydrogen) atoms. The zero-order valence-corrected chi connectivity index (χ0v) is 12.0. The van der Waals surface area contributed by atoms with E-state index < -0.39 is 0 Å². The molecule has 2 aromatic heterocycles. The van der Waals surface area contributed by atoms with E-state index in [1.165, 1.54) is 4.90 Å². The van der Waals surface area contributed by atoms with Gasteiger partial charge in [-0.2, -0.15) is 0 Å². The number of furan rings is 1. The van der Waals surface area contributed by atoms with Crippen LogP contribution in [0.2, 0.25) is 0 Å². The topological polar surface area (TPSA) is 81.2 Å². The maximum absolute atomic E-state index is 12.3. The normalized spacial score (nSPS) is 10.8. The maximum atomic E-state index is 12.3. The van der Waals surface area contributed by atoms with Gasteiger partial charge in [0, 0.05) is 7.05 Å². The molecule has 7 heteroatoms. The lowest BCUT2D eigenvalue weighted by molar-refractivity contribution is -0.131. The van der Waals surface area contributed by atoms with Gasteiger partial charge in [0.1, 0.15) is 17.8 Å². The molecule has 0 spiro atoms. The number of fused-ring (bicyclic) bond motifs is 1. The molecule has 2 heterocycles. The molecular formula is C15H14N4O3. The Hall–Kier alpha value is -2.96. The first-order valence-corrected chi connectivity index (χ1v) is 6.74. The minimum Gasteiger partial charge on any atom is -0.467 e. The van der Waals surface area contributed by atoms with E-state index in [4.69, 9.17) is 4.42 Å². The Bertz CT molecular complexity index is 855. The van der Waals surface area contributed by atoms with E-state index in [0.29, 0.717) is 23.2 Å². The van der Waals surface area contributed by atoms with Gasteiger partial charge in [-0.05, 0) is 24.3 Å². The highest BCUT2D eigenvalue weighted by atomic mass is 16.3. The van der Waals surface area contributed by atoms with Crippen molar-refractivity contribution in [2.75, 3.05) is 7.05 Å². The lowest BCUT2D eigenvalue weighted by Gasteiger charge is -2.15. The summed E-state index contributed by atoms with van der Waals surface area (Å²) < 4.78 is 6.27. The zero-order chi connectivity index (χ0) is 15.5. The molecule has 1 amide bonds. The van der Waals surface area contributed by atoms with E-state index in [0.717, 1.165) is 4.68 Å². The van der Waals surface area contributed by atoms with Gasteiger partial charge < -0.3 is 9.32 Å². The fourth-order valence-corrected chi connectivity index (χ4v) is 2.10. The number of amides is 1. The first kappa shape index (κ1) is 14.0. The molecule has 7 nitrogen and oxygen atoms in total. The van der Waals surface area contributed by atoms with Crippen LogP contribution in [0.3, 0.4) is 0 Å². The average molecular weight is 298 g/mol. The molecule has 3 rings (SSSR count). The van der Waals surface area contributed by atoms with Crippen molar-refractivity contribution in [2.24, 2.45) is 0 Å². The van der Waals surface area contributed by atoms with Gasteiger partial charge in [0.25, 0.3) is 5.56 Å². The van der Waals surface area contributed by atoms with Crippen molar-refractivity contribution < 1.29 is 9.21 Å². The number of rotatable bonds is 4. The van der Waals surface area contributed by atoms with Gasteiger partial charge >= 0.3 is 0 Å². The Kier molecular flexibility index (Phi) is 3.69. The van der Waals surface area contributed by atoms with Crippen LogP contribution in [0.1, 0.15) is 5.76 Å². The number of carbonyl (C=O) groups excluding carboxylic acids is 1. The van der Waals surface area contributed by atoms with E-state index in [1.54, 1.807) is 49.7 Å². The molecule has 0 aliphatic heterocycles. The van der Waals surface area contributed by atoms with Crippen LogP contribution in [0, 0.1) is 0 Å². The number of aromatic nitrogens is 3. The molecule has 3 aromatic rings. The van der Waals surface area contributed by atoms with Crippen molar-refractivity contribution in [1.82, 2.24) is 19.9 Å². The minimum atomic E-state index is -0.328. The highest BCUT2D eigenvalue weighted by Crippen LogP contribution is 2.05. The maximum Gasteiger partial charge on any atom is 0.278 e. The second kappa shape index (κ2) is 5.80. The molecule has 1 aromatic carbocycles. The molecule has 0 bridgehead atoms. The Balaban J connectivity index is 1.79. The summed E-state index contributed by atoms with van der Waals surface area (Å²) in [6.07, 6.45) is 1.55. The Morgan fingerprint density at radius 2 is 2.09 bits per heavy atom. The molecule has 0 aliphatic rings. The molecule has 0 fully saturated rings. The smallest absolute Gasteiger partial charge is 0.278 e. The van der Waals surface area contributed by atoms with Gasteiger partial charge in [-0.1, -0.05) is 17.3 Å². The quantitative estimate of drug-likeness (QED) is 0.719. The van der Waals surface area contributed by atoms with Crippen LogP contribution in [-0.2, 0) is 17.9 Å². The van der Waals surface area contributed by atoms with E-state index in [9.17, 15) is 9.59 Å². The highest BCUT2D eigenvalue weighted by Gasteiger charge is 2.14. The Morgan fingerprint density at radius 1 is 1.27 bits per heavy atom. The molecule has 0 atom stereocenters. The Labute approximate surface area is 125 Å². The van der Waals surface area contributed by atoms with E-state index in [1.807, 2.05) is 0 Å². The van der Waals surface area contributed by atoms with Crippen molar-refractivity contribution in [3.05, 3.63) is 58.8 Å². The number of benzene rings is 1. The fraction of sp³-hybridized carbons (Fsp3) is 0.200. The molecule has 0 unspecified atom stereocenters. The van der Waals surface area contributed by atoms with Crippen molar-refractivity contribution in [3.63, 3.8) is 0 Å². The highest BCUT2D eigenvalue weighted by molar-refractivity contribution is 5.78. The molecule has 0 radical (unpaired) electrons. The molecule has 0 aliphatic carbocycles. The Morgan fingerprint density at radius 3 is 2.86 bits per heavy atom. The van der Waals surface area contributed by atoms with Gasteiger partial charge in [0.15, 0.2) is 0 Å². The number of nitrogens with zero attached hydrogens (tertiary/aromatic N) is 4. The third-order valence-corrected chi connectivity index (χ3v) is 3.31. The van der Waals surface area contributed by atoms with Gasteiger partial charge in [-0.15, -0.1) is 5.10 Å². The van der Waals surface area contributed by atoms with Crippen LogP contribution in [0.5, 0.6) is 0 Å². The third-order valence-electron chi connectivity index (χ3n) is 3.31. The summed E-state index contributed by atoms with van der Waals surface area (Å²) in [6, 6.07) is 10.4. The second-order valence-electron chi connectivity index (χ2n) is 4.90. The summed E-state index contributed by atoms with van der Waals surface area (Å²) in [6.45, 7) is 0.176. The molecule has 0 N–H and O–H groups in total. The zero-order valence-electron chi connectivity index (χ0n) is 12.0. The SMILES string of the molecule is CN(Cc1ccco1)C(=O)Cn1nnc2ccccc2c1=O. The largest absolute Gasteiger partial charge is 0.467 e. The van der Waals surface area contributed by atoms with Crippen LogP contribution in [0.25, 0.3) is 10.9 Å². The lowest BCUT2D eigenvalue weighted by Crippen LogP contribution is -2.35. The van der Waals surface area contributed by atoms with Gasteiger partial charge in [-0.25, -0.2) is 4.68 Å². The monoisotopic (exact) mass is 298 g/mol. The summed E-state index contributed by atoms with van der Waals surface area (Å²) in [7, 11) is 1.64. The first-order valence-electron chi connectivity index (χ1n) is 6.74. The van der Waals surface area contributed by atoms with E-state index in [2.05, 4.69) is 10.3 Å². The first-order chi connectivity index (χ1) is 10.6. The van der Waals surface area contributed by atoms with Crippen molar-refractivity contribution in [3.8, 4) is 0 Å². The van der Waals surface area contributed by atoms with Crippen LogP contribution in [-0.4, -0.2) is 32.8 Å². The predicted molar refractivity (Wildman–Crippen MR) is 79.0 cm³/mol. The number of hydrogen-bond acceptors (Lipinski definition) is 5. The number of carbonyl (C=O) groups is 1. The summed E-state index contributed by atoms with van der Waals surface area (Å²) in [5, 5.41) is 8.21. The van der Waals surface area contributed by atoms with Crippen molar-refractivity contribution >= 4 is 16.8 Å². The van der Waals surface area contributed by atoms with Crippen molar-refractivity contribution in [2.45, 2.75) is 13.1 Å². The van der Waals surface area contributed by atoms with Gasteiger partial charge in [-0.3, -0.25) is 9.59 Å². The predicted octanol–water partition coefficient (Wildman–Crippen LogP) is 1.04. The molecule has 0 saturated heterocycles. The van der Waals surface area contributed by atoms with Crippen LogP contribution in [0.4, 0.5) is 0 Å². The third kappa shape index (κ3) is 2.73. The summed E-state index contributed by atoms with van der Waals surface area (Å²) in [4.78, 5) is 25.9. The molecule has 112 valence electrons. The standard InChI is InChI=1S/C15H14N4O3/c1-18(9-11-5-4-8-22-11)14(20)10-19-15(21)12-6-2-3-7-13(12)16-17-19/h2-8H,9-10H2,1H3. The van der Waals surface area contributed by atoms with Gasteiger partial charge in [0.2, 0.25) is 5.91 Å². The summed E-state index contributed by atoms with van der Waals surface area (Å²) >= 11 is 0. The minimum absolute atomic E-state index is 0.159. The number of likely N-dealkylation sites (N-methyl/N-ethyl adjacent to an activating group) is 1. The van der Waals surface area contributed by atoms with Crippen LogP contribution in [0.15, 0.2) is 51.9 Å². The second-order valence-corrected chi connectivity index (χ2v) is 4.90. The van der Waals surface area contributed by atoms with Crippen LogP contribution < -0.4 is 5.56 Å². The number of hydrogen-bond donors (Lipinski definition) is 0. The molecule has 0 saturated carbocycles. The summed E-state index contributed by atoms with van der Waals surface area (Å²) in [5.41, 5.74) is 0.186. The van der Waals surface area contributed by atoms with E-state index >= 15 is 0 Å².